The van der Waals surface area contributed by atoms with E-state index in [4.69, 9.17) is 23.7 Å². The number of aliphatic hydroxyl groups excluding tert-OH is 1. The molecule has 146 valence electrons. The fourth-order valence-corrected chi connectivity index (χ4v) is 5.69. The first kappa shape index (κ1) is 20.2. The van der Waals surface area contributed by atoms with E-state index >= 15 is 0 Å². The van der Waals surface area contributed by atoms with Gasteiger partial charge in [0, 0.05) is 0 Å². The molecule has 1 N–H and O–H groups in total. The van der Waals surface area contributed by atoms with Crippen molar-refractivity contribution in [3.8, 4) is 0 Å². The maximum atomic E-state index is 11.0. The maximum absolute atomic E-state index is 11.0. The molecule has 1 aromatic carbocycles. The Hall–Kier alpha value is -0.501. The molecule has 2 fully saturated rings. The van der Waals surface area contributed by atoms with Crippen molar-refractivity contribution in [1.29, 1.82) is 0 Å². The second kappa shape index (κ2) is 7.86. The fourth-order valence-electron chi connectivity index (χ4n) is 3.43. The van der Waals surface area contributed by atoms with Gasteiger partial charge in [-0.05, 0) is 0 Å². The van der Waals surface area contributed by atoms with Crippen LogP contribution in [0.5, 0.6) is 0 Å². The Labute approximate surface area is 161 Å². The van der Waals surface area contributed by atoms with Gasteiger partial charge in [-0.3, -0.25) is 0 Å². The van der Waals surface area contributed by atoms with Crippen molar-refractivity contribution in [2.24, 2.45) is 0 Å². The SMILES string of the molecule is CCC1OC([Se]c2ccccc2)C(O)C2OC(C)(OC)C(C)(OC)OC12. The second-order valence-corrected chi connectivity index (χ2v) is 9.30. The fraction of sp³-hybridized carbons (Fsp3) is 0.684. The summed E-state index contributed by atoms with van der Waals surface area (Å²) in [5.41, 5.74) is 0. The van der Waals surface area contributed by atoms with Gasteiger partial charge in [0.25, 0.3) is 0 Å². The number of aliphatic hydroxyl groups is 1. The number of benzene rings is 1. The molecule has 0 bridgehead atoms. The molecule has 2 aliphatic rings. The Morgan fingerprint density at radius 3 is 2.15 bits per heavy atom. The van der Waals surface area contributed by atoms with Gasteiger partial charge in [-0.1, -0.05) is 0 Å². The Kier molecular flexibility index (Phi) is 6.12. The molecule has 0 amide bonds. The average molecular weight is 431 g/mol. The van der Waals surface area contributed by atoms with Crippen molar-refractivity contribution >= 4 is 19.4 Å². The molecule has 3 rings (SSSR count). The average Bonchev–Trinajstić information content (AvgIpc) is 2.66. The van der Waals surface area contributed by atoms with Crippen molar-refractivity contribution in [1.82, 2.24) is 0 Å². The number of ether oxygens (including phenoxy) is 5. The van der Waals surface area contributed by atoms with E-state index in [1.807, 2.05) is 25.1 Å². The Bertz CT molecular complexity index is 601. The third-order valence-corrected chi connectivity index (χ3v) is 7.79. The van der Waals surface area contributed by atoms with Gasteiger partial charge < -0.3 is 0 Å². The molecule has 0 aliphatic carbocycles. The molecular formula is C19H28O6Se. The van der Waals surface area contributed by atoms with Gasteiger partial charge in [-0.2, -0.15) is 0 Å². The van der Waals surface area contributed by atoms with Gasteiger partial charge in [-0.25, -0.2) is 0 Å². The van der Waals surface area contributed by atoms with Crippen molar-refractivity contribution in [3.05, 3.63) is 30.3 Å². The number of rotatable bonds is 5. The van der Waals surface area contributed by atoms with E-state index in [1.54, 1.807) is 28.1 Å². The third kappa shape index (κ3) is 3.48. The predicted octanol–water partition coefficient (Wildman–Crippen LogP) is 1.02. The van der Waals surface area contributed by atoms with E-state index in [9.17, 15) is 5.11 Å². The van der Waals surface area contributed by atoms with Crippen LogP contribution in [0.4, 0.5) is 0 Å². The molecule has 7 heteroatoms. The van der Waals surface area contributed by atoms with Crippen LogP contribution in [0.2, 0.25) is 0 Å². The summed E-state index contributed by atoms with van der Waals surface area (Å²) in [7, 11) is 3.11. The summed E-state index contributed by atoms with van der Waals surface area (Å²) in [6.07, 6.45) is -1.21. The van der Waals surface area contributed by atoms with E-state index in [0.717, 1.165) is 6.42 Å². The summed E-state index contributed by atoms with van der Waals surface area (Å²) in [6, 6.07) is 10.1. The molecule has 6 nitrogen and oxygen atoms in total. The Balaban J connectivity index is 1.86. The topological polar surface area (TPSA) is 66.4 Å². The van der Waals surface area contributed by atoms with Crippen LogP contribution in [-0.4, -0.2) is 75.3 Å². The zero-order chi connectivity index (χ0) is 18.9. The molecule has 0 spiro atoms. The van der Waals surface area contributed by atoms with E-state index in [-0.39, 0.29) is 26.1 Å². The van der Waals surface area contributed by atoms with Crippen LogP contribution >= 0.6 is 0 Å². The summed E-state index contributed by atoms with van der Waals surface area (Å²) in [5.74, 6) is -2.24. The summed E-state index contributed by atoms with van der Waals surface area (Å²) >= 11 is -0.0477. The van der Waals surface area contributed by atoms with Crippen molar-refractivity contribution in [3.63, 3.8) is 0 Å². The van der Waals surface area contributed by atoms with Gasteiger partial charge in [0.1, 0.15) is 0 Å². The normalized spacial score (nSPS) is 43.1. The monoisotopic (exact) mass is 432 g/mol. The van der Waals surface area contributed by atoms with Crippen LogP contribution in [0.15, 0.2) is 30.3 Å². The quantitative estimate of drug-likeness (QED) is 0.703. The Morgan fingerprint density at radius 1 is 1.04 bits per heavy atom. The standard InChI is InChI=1S/C19H28O6Se/c1-6-13-15-16(25-19(3,22-5)18(2,21-4)24-15)14(20)17(23-13)26-12-10-8-7-9-11-12/h7-11,13-17,20H,6H2,1-5H3. The van der Waals surface area contributed by atoms with Crippen LogP contribution in [0.25, 0.3) is 0 Å². The van der Waals surface area contributed by atoms with Crippen LogP contribution in [0.3, 0.4) is 0 Å². The van der Waals surface area contributed by atoms with E-state index < -0.39 is 29.9 Å². The molecule has 2 aliphatic heterocycles. The molecular weight excluding hydrogens is 403 g/mol. The van der Waals surface area contributed by atoms with Crippen molar-refractivity contribution in [2.45, 2.75) is 68.2 Å². The zero-order valence-electron chi connectivity index (χ0n) is 15.9. The van der Waals surface area contributed by atoms with Crippen LogP contribution in [-0.2, 0) is 23.7 Å². The number of methoxy groups -OCH3 is 2. The minimum atomic E-state index is -1.14. The van der Waals surface area contributed by atoms with Gasteiger partial charge in [0.05, 0.1) is 0 Å². The first-order valence-electron chi connectivity index (χ1n) is 8.88. The zero-order valence-corrected chi connectivity index (χ0v) is 17.6. The van der Waals surface area contributed by atoms with Crippen LogP contribution < -0.4 is 4.46 Å². The molecule has 1 aromatic rings. The molecule has 7 atom stereocenters. The summed E-state index contributed by atoms with van der Waals surface area (Å²) in [6.45, 7) is 5.60. The number of fused-ring (bicyclic) bond motifs is 1. The van der Waals surface area contributed by atoms with Crippen LogP contribution in [0, 0.1) is 0 Å². The van der Waals surface area contributed by atoms with E-state index in [1.165, 1.54) is 4.46 Å². The molecule has 26 heavy (non-hydrogen) atoms. The van der Waals surface area contributed by atoms with E-state index in [2.05, 4.69) is 12.1 Å². The van der Waals surface area contributed by atoms with Gasteiger partial charge >= 0.3 is 161 Å². The molecule has 2 saturated heterocycles. The van der Waals surface area contributed by atoms with Gasteiger partial charge in [-0.15, -0.1) is 0 Å². The predicted molar refractivity (Wildman–Crippen MR) is 97.4 cm³/mol. The summed E-state index contributed by atoms with van der Waals surface area (Å²) in [5, 5.41) is 10.7. The molecule has 0 radical (unpaired) electrons. The first-order valence-corrected chi connectivity index (χ1v) is 10.7. The van der Waals surface area contributed by atoms with Crippen LogP contribution in [0.1, 0.15) is 27.2 Å². The van der Waals surface area contributed by atoms with Gasteiger partial charge in [0.2, 0.25) is 0 Å². The second-order valence-electron chi connectivity index (χ2n) is 6.84. The molecule has 0 saturated carbocycles. The van der Waals surface area contributed by atoms with Crippen molar-refractivity contribution in [2.75, 3.05) is 14.2 Å². The first-order chi connectivity index (χ1) is 12.4. The molecule has 0 aromatic heterocycles. The van der Waals surface area contributed by atoms with Crippen molar-refractivity contribution < 1.29 is 28.8 Å². The van der Waals surface area contributed by atoms with Gasteiger partial charge in [0.15, 0.2) is 0 Å². The Morgan fingerprint density at radius 2 is 1.62 bits per heavy atom. The molecule has 7 unspecified atom stereocenters. The number of hydrogen-bond acceptors (Lipinski definition) is 6. The molecule has 2 heterocycles. The summed E-state index contributed by atoms with van der Waals surface area (Å²) < 4.78 is 31.1. The third-order valence-electron chi connectivity index (χ3n) is 5.34. The minimum absolute atomic E-state index is 0.0477. The summed E-state index contributed by atoms with van der Waals surface area (Å²) in [4.78, 5) is 0. The number of hydrogen-bond donors (Lipinski definition) is 1. The van der Waals surface area contributed by atoms with E-state index in [0.29, 0.717) is 0 Å².